The van der Waals surface area contributed by atoms with Crippen LogP contribution in [0, 0.1) is 0 Å². The monoisotopic (exact) mass is 221 g/mol. The predicted octanol–water partition coefficient (Wildman–Crippen LogP) is 3.54. The maximum absolute atomic E-state index is 13.6. The molecule has 1 atom stereocenters. The number of rotatable bonds is 3. The van der Waals surface area contributed by atoms with Crippen LogP contribution in [0.5, 0.6) is 0 Å². The molecule has 4 heteroatoms. The summed E-state index contributed by atoms with van der Waals surface area (Å²) in [6.45, 7) is 3.61. The van der Waals surface area contributed by atoms with Crippen LogP contribution in [0.15, 0.2) is 11.4 Å². The Bertz CT molecular complexity index is 279. The third kappa shape index (κ3) is 3.25. The molecular weight excluding hydrogens is 209 g/mol. The topological polar surface area (TPSA) is 26.0 Å². The van der Waals surface area contributed by atoms with E-state index in [9.17, 15) is 4.39 Å². The van der Waals surface area contributed by atoms with E-state index in [1.807, 2.05) is 0 Å². The van der Waals surface area contributed by atoms with Crippen LogP contribution in [-0.2, 0) is 0 Å². The van der Waals surface area contributed by atoms with Crippen LogP contribution in [0.2, 0.25) is 4.34 Å². The van der Waals surface area contributed by atoms with Gasteiger partial charge < -0.3 is 5.73 Å². The van der Waals surface area contributed by atoms with Crippen LogP contribution >= 0.6 is 22.9 Å². The van der Waals surface area contributed by atoms with E-state index in [0.29, 0.717) is 16.3 Å². The fourth-order valence-electron chi connectivity index (χ4n) is 1.10. The average Bonchev–Trinajstić information content (AvgIpc) is 2.30. The van der Waals surface area contributed by atoms with Crippen LogP contribution in [0.1, 0.15) is 32.0 Å². The van der Waals surface area contributed by atoms with Gasteiger partial charge in [-0.3, -0.25) is 0 Å². The Morgan fingerprint density at radius 1 is 1.69 bits per heavy atom. The summed E-state index contributed by atoms with van der Waals surface area (Å²) in [5, 5.41) is 1.79. The Balaban J connectivity index is 2.69. The average molecular weight is 222 g/mol. The minimum atomic E-state index is -1.06. The van der Waals surface area contributed by atoms with Crippen molar-refractivity contribution in [1.29, 1.82) is 0 Å². The molecule has 0 saturated heterocycles. The van der Waals surface area contributed by atoms with E-state index in [2.05, 4.69) is 0 Å². The van der Waals surface area contributed by atoms with Gasteiger partial charge in [0.1, 0.15) is 6.17 Å². The highest BCUT2D eigenvalue weighted by Gasteiger charge is 2.22. The van der Waals surface area contributed by atoms with Crippen molar-refractivity contribution in [2.75, 3.05) is 0 Å². The lowest BCUT2D eigenvalue weighted by Crippen LogP contribution is -2.33. The van der Waals surface area contributed by atoms with Crippen molar-refractivity contribution >= 4 is 22.9 Å². The minimum absolute atomic E-state index is 0.295. The van der Waals surface area contributed by atoms with Gasteiger partial charge in [0.2, 0.25) is 0 Å². The number of nitrogens with two attached hydrogens (primary N) is 1. The first kappa shape index (κ1) is 11.0. The quantitative estimate of drug-likeness (QED) is 0.830. The molecule has 0 saturated carbocycles. The Labute approximate surface area is 86.7 Å². The van der Waals surface area contributed by atoms with E-state index in [-0.39, 0.29) is 0 Å². The van der Waals surface area contributed by atoms with E-state index >= 15 is 0 Å². The maximum Gasteiger partial charge on any atom is 0.129 e. The molecule has 2 N–H and O–H groups in total. The molecule has 0 spiro atoms. The number of halogens is 2. The van der Waals surface area contributed by atoms with Gasteiger partial charge in [0.05, 0.1) is 4.34 Å². The van der Waals surface area contributed by atoms with Gasteiger partial charge in [-0.25, -0.2) is 4.39 Å². The van der Waals surface area contributed by atoms with Crippen LogP contribution < -0.4 is 5.73 Å². The molecule has 0 bridgehead atoms. The standard InChI is InChI=1S/C9H13ClFNS/c1-9(2,12)5-7(11)6-3-4-13-8(6)10/h3-4,7H,5,12H2,1-2H3. The molecule has 0 aliphatic heterocycles. The smallest absolute Gasteiger partial charge is 0.129 e. The zero-order chi connectivity index (χ0) is 10.1. The minimum Gasteiger partial charge on any atom is -0.325 e. The summed E-state index contributed by atoms with van der Waals surface area (Å²) < 4.78 is 14.1. The highest BCUT2D eigenvalue weighted by atomic mass is 35.5. The summed E-state index contributed by atoms with van der Waals surface area (Å²) in [6, 6.07) is 1.71. The molecule has 0 aliphatic carbocycles. The second kappa shape index (κ2) is 3.95. The normalized spacial score (nSPS) is 14.5. The largest absolute Gasteiger partial charge is 0.325 e. The molecule has 1 aromatic heterocycles. The van der Waals surface area contributed by atoms with Gasteiger partial charge in [-0.15, -0.1) is 11.3 Å². The Morgan fingerprint density at radius 2 is 2.31 bits per heavy atom. The van der Waals surface area contributed by atoms with Gasteiger partial charge in [-0.05, 0) is 25.3 Å². The number of alkyl halides is 1. The zero-order valence-electron chi connectivity index (χ0n) is 7.68. The van der Waals surface area contributed by atoms with E-state index in [0.717, 1.165) is 0 Å². The fraction of sp³-hybridized carbons (Fsp3) is 0.556. The molecule has 0 radical (unpaired) electrons. The molecule has 0 aliphatic rings. The van der Waals surface area contributed by atoms with Crippen LogP contribution in [-0.4, -0.2) is 5.54 Å². The summed E-state index contributed by atoms with van der Waals surface area (Å²) >= 11 is 7.14. The number of hydrogen-bond acceptors (Lipinski definition) is 2. The predicted molar refractivity (Wildman–Crippen MR) is 56.1 cm³/mol. The third-order valence-corrected chi connectivity index (χ3v) is 2.89. The Morgan fingerprint density at radius 3 is 2.69 bits per heavy atom. The zero-order valence-corrected chi connectivity index (χ0v) is 9.25. The van der Waals surface area contributed by atoms with Gasteiger partial charge in [0.15, 0.2) is 0 Å². The van der Waals surface area contributed by atoms with Crippen molar-refractivity contribution in [1.82, 2.24) is 0 Å². The van der Waals surface area contributed by atoms with Crippen molar-refractivity contribution in [3.8, 4) is 0 Å². The van der Waals surface area contributed by atoms with E-state index in [1.165, 1.54) is 11.3 Å². The Hall–Kier alpha value is -0.120. The molecule has 1 heterocycles. The van der Waals surface area contributed by atoms with Crippen molar-refractivity contribution in [3.05, 3.63) is 21.3 Å². The van der Waals surface area contributed by atoms with E-state index < -0.39 is 11.7 Å². The summed E-state index contributed by atoms with van der Waals surface area (Å²) in [4.78, 5) is 0. The first-order valence-corrected chi connectivity index (χ1v) is 5.32. The fourth-order valence-corrected chi connectivity index (χ4v) is 2.10. The van der Waals surface area contributed by atoms with Crippen molar-refractivity contribution in [2.45, 2.75) is 32.0 Å². The lowest BCUT2D eigenvalue weighted by atomic mass is 9.96. The van der Waals surface area contributed by atoms with Gasteiger partial charge >= 0.3 is 0 Å². The summed E-state index contributed by atoms with van der Waals surface area (Å²) in [6.07, 6.45) is -0.762. The number of thiophene rings is 1. The molecule has 1 rings (SSSR count). The third-order valence-electron chi connectivity index (χ3n) is 1.69. The maximum atomic E-state index is 13.6. The van der Waals surface area contributed by atoms with E-state index in [4.69, 9.17) is 17.3 Å². The van der Waals surface area contributed by atoms with Crippen molar-refractivity contribution < 1.29 is 4.39 Å². The van der Waals surface area contributed by atoms with Gasteiger partial charge in [0, 0.05) is 17.5 Å². The molecule has 1 aromatic rings. The molecule has 1 unspecified atom stereocenters. The SMILES string of the molecule is CC(C)(N)CC(F)c1ccsc1Cl. The summed E-state index contributed by atoms with van der Waals surface area (Å²) in [5.74, 6) is 0. The van der Waals surface area contributed by atoms with Crippen LogP contribution in [0.25, 0.3) is 0 Å². The van der Waals surface area contributed by atoms with Crippen LogP contribution in [0.3, 0.4) is 0 Å². The second-order valence-electron chi connectivity index (χ2n) is 3.81. The molecule has 1 nitrogen and oxygen atoms in total. The van der Waals surface area contributed by atoms with E-state index in [1.54, 1.807) is 25.3 Å². The highest BCUT2D eigenvalue weighted by molar-refractivity contribution is 7.14. The van der Waals surface area contributed by atoms with Gasteiger partial charge in [0.25, 0.3) is 0 Å². The molecule has 13 heavy (non-hydrogen) atoms. The van der Waals surface area contributed by atoms with Gasteiger partial charge in [-0.2, -0.15) is 0 Å². The summed E-state index contributed by atoms with van der Waals surface area (Å²) in [7, 11) is 0. The van der Waals surface area contributed by atoms with Crippen molar-refractivity contribution in [2.24, 2.45) is 5.73 Å². The lowest BCUT2D eigenvalue weighted by Gasteiger charge is -2.20. The lowest BCUT2D eigenvalue weighted by molar-refractivity contribution is 0.268. The highest BCUT2D eigenvalue weighted by Crippen LogP contribution is 2.34. The molecule has 0 aromatic carbocycles. The summed E-state index contributed by atoms with van der Waals surface area (Å²) in [5.41, 5.74) is 5.78. The first-order chi connectivity index (χ1) is 5.90. The number of hydrogen-bond donors (Lipinski definition) is 1. The first-order valence-electron chi connectivity index (χ1n) is 4.06. The second-order valence-corrected chi connectivity index (χ2v) is 5.33. The Kier molecular flexibility index (Phi) is 3.33. The molecule has 0 fully saturated rings. The molecule has 74 valence electrons. The molecule has 0 amide bonds. The van der Waals surface area contributed by atoms with Crippen LogP contribution in [0.4, 0.5) is 4.39 Å². The van der Waals surface area contributed by atoms with Gasteiger partial charge in [-0.1, -0.05) is 11.6 Å². The van der Waals surface area contributed by atoms with Crippen molar-refractivity contribution in [3.63, 3.8) is 0 Å². The molecular formula is C9H13ClFNS.